The van der Waals surface area contributed by atoms with Gasteiger partial charge in [0.15, 0.2) is 0 Å². The van der Waals surface area contributed by atoms with Crippen molar-refractivity contribution >= 4 is 11.8 Å². The topological polar surface area (TPSA) is 40.6 Å². The molecule has 2 aliphatic rings. The molecule has 0 spiro atoms. The molecule has 8 heteroatoms. The third-order valence-corrected chi connectivity index (χ3v) is 5.97. The Morgan fingerprint density at radius 2 is 1.52 bits per heavy atom. The molecule has 4 rings (SSSR count). The van der Waals surface area contributed by atoms with E-state index in [0.29, 0.717) is 25.9 Å². The predicted molar refractivity (Wildman–Crippen MR) is 106 cm³/mol. The number of carbonyl (C=O) groups excluding carboxylic acids is 2. The number of nitrogens with zero attached hydrogens (tertiary/aromatic N) is 2. The normalized spacial score (nSPS) is 21.5. The number of hydrogen-bond donors (Lipinski definition) is 0. The third kappa shape index (κ3) is 4.43. The number of hydrogen-bond acceptors (Lipinski definition) is 2. The van der Waals surface area contributed by atoms with Gasteiger partial charge in [0.25, 0.3) is 5.91 Å². The van der Waals surface area contributed by atoms with E-state index >= 15 is 0 Å². The molecule has 164 valence electrons. The van der Waals surface area contributed by atoms with Gasteiger partial charge < -0.3 is 9.80 Å². The molecule has 1 aliphatic heterocycles. The molecule has 1 saturated carbocycles. The minimum absolute atomic E-state index is 0.00621. The first-order valence-electron chi connectivity index (χ1n) is 10.3. The highest BCUT2D eigenvalue weighted by Gasteiger charge is 2.49. The number of alkyl halides is 3. The monoisotopic (exact) mass is 434 g/mol. The molecule has 1 saturated heterocycles. The van der Waals surface area contributed by atoms with E-state index < -0.39 is 35.3 Å². The van der Waals surface area contributed by atoms with Gasteiger partial charge in [0.05, 0.1) is 11.1 Å². The summed E-state index contributed by atoms with van der Waals surface area (Å²) in [5, 5.41) is 0. The first-order chi connectivity index (χ1) is 14.8. The van der Waals surface area contributed by atoms with Crippen molar-refractivity contribution in [1.82, 2.24) is 9.80 Å². The molecule has 2 unspecified atom stereocenters. The molecular weight excluding hydrogens is 412 g/mol. The highest BCUT2D eigenvalue weighted by molar-refractivity contribution is 5.94. The summed E-state index contributed by atoms with van der Waals surface area (Å²) in [6.07, 6.45) is -3.54. The molecule has 0 N–H and O–H groups in total. The van der Waals surface area contributed by atoms with Crippen LogP contribution in [0.25, 0.3) is 0 Å². The van der Waals surface area contributed by atoms with Crippen molar-refractivity contribution in [3.05, 3.63) is 71.0 Å². The average molecular weight is 434 g/mol. The highest BCUT2D eigenvalue weighted by atomic mass is 19.4. The molecule has 2 amide bonds. The fraction of sp³-hybridized carbons (Fsp3) is 0.391. The molecule has 1 heterocycles. The van der Waals surface area contributed by atoms with E-state index in [9.17, 15) is 27.2 Å². The summed E-state index contributed by atoms with van der Waals surface area (Å²) < 4.78 is 53.8. The Morgan fingerprint density at radius 1 is 0.871 bits per heavy atom. The Morgan fingerprint density at radius 3 is 2.26 bits per heavy atom. The maximum atomic E-state index is 13.9. The van der Waals surface area contributed by atoms with E-state index in [0.717, 1.165) is 6.07 Å². The number of carbonyl (C=O) groups is 2. The van der Waals surface area contributed by atoms with Crippen molar-refractivity contribution in [2.75, 3.05) is 26.2 Å². The maximum absolute atomic E-state index is 13.9. The van der Waals surface area contributed by atoms with Crippen LogP contribution in [0.5, 0.6) is 0 Å². The van der Waals surface area contributed by atoms with Gasteiger partial charge in [-0.25, -0.2) is 4.39 Å². The Labute approximate surface area is 177 Å². The van der Waals surface area contributed by atoms with Crippen LogP contribution in [0.2, 0.25) is 0 Å². The van der Waals surface area contributed by atoms with Crippen LogP contribution in [0.15, 0.2) is 48.5 Å². The van der Waals surface area contributed by atoms with Gasteiger partial charge in [-0.1, -0.05) is 30.3 Å². The molecule has 4 nitrogen and oxygen atoms in total. The van der Waals surface area contributed by atoms with Crippen molar-refractivity contribution in [2.24, 2.45) is 5.92 Å². The lowest BCUT2D eigenvalue weighted by Crippen LogP contribution is -2.38. The summed E-state index contributed by atoms with van der Waals surface area (Å²) in [6.45, 7) is 1.35. The van der Waals surface area contributed by atoms with Crippen LogP contribution in [-0.2, 0) is 11.0 Å². The SMILES string of the molecule is O=C(c1ccccc1F)N1CCCN(C(=O)C2CC2c2ccccc2C(F)(F)F)CC1. The number of rotatable bonds is 3. The smallest absolute Gasteiger partial charge is 0.341 e. The second-order valence-corrected chi connectivity index (χ2v) is 7.98. The van der Waals surface area contributed by atoms with Gasteiger partial charge in [-0.05, 0) is 42.5 Å². The maximum Gasteiger partial charge on any atom is 0.416 e. The largest absolute Gasteiger partial charge is 0.416 e. The van der Waals surface area contributed by atoms with E-state index in [1.807, 2.05) is 0 Å². The van der Waals surface area contributed by atoms with Crippen LogP contribution in [0.4, 0.5) is 17.6 Å². The van der Waals surface area contributed by atoms with E-state index in [1.54, 1.807) is 17.0 Å². The van der Waals surface area contributed by atoms with Gasteiger partial charge in [0, 0.05) is 32.1 Å². The summed E-state index contributed by atoms with van der Waals surface area (Å²) in [4.78, 5) is 28.7. The molecule has 2 aromatic carbocycles. The standard InChI is InChI=1S/C23H22F4N2O2/c24-20-9-4-2-7-16(20)21(30)28-10-5-11-29(13-12-28)22(31)18-14-17(18)15-6-1-3-8-19(15)23(25,26)27/h1-4,6-9,17-18H,5,10-14H2. The fourth-order valence-corrected chi connectivity index (χ4v) is 4.27. The summed E-state index contributed by atoms with van der Waals surface area (Å²) in [6, 6.07) is 11.2. The van der Waals surface area contributed by atoms with Gasteiger partial charge in [0.1, 0.15) is 5.82 Å². The fourth-order valence-electron chi connectivity index (χ4n) is 4.27. The number of halogens is 4. The van der Waals surface area contributed by atoms with Crippen molar-refractivity contribution in [3.8, 4) is 0 Å². The molecular formula is C23H22F4N2O2. The third-order valence-electron chi connectivity index (χ3n) is 5.97. The van der Waals surface area contributed by atoms with Gasteiger partial charge >= 0.3 is 6.18 Å². The van der Waals surface area contributed by atoms with Gasteiger partial charge in [-0.2, -0.15) is 13.2 Å². The Kier molecular flexibility index (Phi) is 5.73. The van der Waals surface area contributed by atoms with Crippen molar-refractivity contribution in [2.45, 2.75) is 24.9 Å². The minimum atomic E-state index is -4.46. The van der Waals surface area contributed by atoms with Crippen molar-refractivity contribution in [3.63, 3.8) is 0 Å². The highest BCUT2D eigenvalue weighted by Crippen LogP contribution is 2.51. The zero-order valence-corrected chi connectivity index (χ0v) is 16.7. The summed E-state index contributed by atoms with van der Waals surface area (Å²) >= 11 is 0. The lowest BCUT2D eigenvalue weighted by molar-refractivity contribution is -0.138. The van der Waals surface area contributed by atoms with Gasteiger partial charge in [-0.15, -0.1) is 0 Å². The van der Waals surface area contributed by atoms with E-state index in [-0.39, 0.29) is 30.1 Å². The summed E-state index contributed by atoms with van der Waals surface area (Å²) in [5.74, 6) is -2.10. The molecule has 0 aromatic heterocycles. The van der Waals surface area contributed by atoms with Crippen molar-refractivity contribution in [1.29, 1.82) is 0 Å². The lowest BCUT2D eigenvalue weighted by Gasteiger charge is -2.23. The van der Waals surface area contributed by atoms with Crippen LogP contribution >= 0.6 is 0 Å². The Balaban J connectivity index is 1.41. The molecule has 2 atom stereocenters. The minimum Gasteiger partial charge on any atom is -0.341 e. The first-order valence-corrected chi connectivity index (χ1v) is 10.3. The number of benzene rings is 2. The number of amides is 2. The summed E-state index contributed by atoms with van der Waals surface area (Å²) in [5.41, 5.74) is -0.527. The van der Waals surface area contributed by atoms with Crippen molar-refractivity contribution < 1.29 is 27.2 Å². The second-order valence-electron chi connectivity index (χ2n) is 7.98. The molecule has 31 heavy (non-hydrogen) atoms. The second kappa shape index (κ2) is 8.32. The van der Waals surface area contributed by atoms with E-state index in [1.165, 1.54) is 35.2 Å². The van der Waals surface area contributed by atoms with Crippen LogP contribution in [0.3, 0.4) is 0 Å². The quantitative estimate of drug-likeness (QED) is 0.675. The zero-order valence-electron chi connectivity index (χ0n) is 16.7. The van der Waals surface area contributed by atoms with E-state index in [4.69, 9.17) is 0 Å². The average Bonchev–Trinajstić information content (AvgIpc) is 3.56. The predicted octanol–water partition coefficient (Wildman–Crippen LogP) is 4.32. The van der Waals surface area contributed by atoms with Crippen LogP contribution in [0, 0.1) is 11.7 Å². The van der Waals surface area contributed by atoms with Crippen LogP contribution < -0.4 is 0 Å². The van der Waals surface area contributed by atoms with Gasteiger partial charge in [-0.3, -0.25) is 9.59 Å². The molecule has 2 aromatic rings. The lowest BCUT2D eigenvalue weighted by atomic mass is 10.0. The molecule has 1 aliphatic carbocycles. The molecule has 2 fully saturated rings. The summed E-state index contributed by atoms with van der Waals surface area (Å²) in [7, 11) is 0. The Hall–Kier alpha value is -2.90. The Bertz CT molecular complexity index is 992. The zero-order chi connectivity index (χ0) is 22.2. The molecule has 0 radical (unpaired) electrons. The van der Waals surface area contributed by atoms with Gasteiger partial charge in [0.2, 0.25) is 5.91 Å². The first kappa shape index (κ1) is 21.3. The van der Waals surface area contributed by atoms with E-state index in [2.05, 4.69) is 0 Å². The molecule has 0 bridgehead atoms. The van der Waals surface area contributed by atoms with Crippen LogP contribution in [0.1, 0.15) is 40.2 Å². The van der Waals surface area contributed by atoms with Crippen LogP contribution in [-0.4, -0.2) is 47.8 Å².